The standard InChI is InChI=1S/C18H31N/c1-13(17(12-19)4-2-3-5-17)18-9-14-6-15(10-18)8-16(7-14)11-18/h13-16H,2-12,19H2,1H3. The zero-order valence-electron chi connectivity index (χ0n) is 12.7. The fraction of sp³-hybridized carbons (Fsp3) is 1.00. The average molecular weight is 261 g/mol. The van der Waals surface area contributed by atoms with Crippen LogP contribution in [0.2, 0.25) is 0 Å². The first kappa shape index (κ1) is 12.7. The van der Waals surface area contributed by atoms with E-state index in [0.717, 1.165) is 30.2 Å². The van der Waals surface area contributed by atoms with Crippen molar-refractivity contribution in [2.75, 3.05) is 6.54 Å². The van der Waals surface area contributed by atoms with Crippen LogP contribution in [-0.2, 0) is 0 Å². The first-order valence-electron chi connectivity index (χ1n) is 8.86. The maximum Gasteiger partial charge on any atom is -0.00178 e. The van der Waals surface area contributed by atoms with Crippen molar-refractivity contribution in [1.82, 2.24) is 0 Å². The molecule has 2 N–H and O–H groups in total. The van der Waals surface area contributed by atoms with Gasteiger partial charge in [-0.2, -0.15) is 0 Å². The van der Waals surface area contributed by atoms with Crippen molar-refractivity contribution < 1.29 is 0 Å². The summed E-state index contributed by atoms with van der Waals surface area (Å²) in [6.07, 6.45) is 15.1. The molecule has 108 valence electrons. The van der Waals surface area contributed by atoms with E-state index in [4.69, 9.17) is 5.73 Å². The first-order chi connectivity index (χ1) is 9.16. The Morgan fingerprint density at radius 1 is 0.947 bits per heavy atom. The quantitative estimate of drug-likeness (QED) is 0.802. The summed E-state index contributed by atoms with van der Waals surface area (Å²) in [5.41, 5.74) is 7.51. The Morgan fingerprint density at radius 2 is 1.42 bits per heavy atom. The van der Waals surface area contributed by atoms with Gasteiger partial charge in [0.15, 0.2) is 0 Å². The van der Waals surface area contributed by atoms with Crippen LogP contribution in [0.15, 0.2) is 0 Å². The van der Waals surface area contributed by atoms with Crippen LogP contribution in [0.1, 0.15) is 71.1 Å². The largest absolute Gasteiger partial charge is 0.330 e. The molecule has 0 saturated heterocycles. The summed E-state index contributed by atoms with van der Waals surface area (Å²) in [6.45, 7) is 3.56. The van der Waals surface area contributed by atoms with E-state index < -0.39 is 0 Å². The van der Waals surface area contributed by atoms with Gasteiger partial charge in [-0.1, -0.05) is 19.8 Å². The number of hydrogen-bond acceptors (Lipinski definition) is 1. The highest BCUT2D eigenvalue weighted by Gasteiger charge is 2.57. The van der Waals surface area contributed by atoms with Crippen molar-refractivity contribution in [2.45, 2.75) is 71.1 Å². The van der Waals surface area contributed by atoms with Crippen molar-refractivity contribution in [3.63, 3.8) is 0 Å². The van der Waals surface area contributed by atoms with Gasteiger partial charge in [-0.15, -0.1) is 0 Å². The van der Waals surface area contributed by atoms with E-state index in [1.165, 1.54) is 25.7 Å². The van der Waals surface area contributed by atoms with Gasteiger partial charge in [-0.25, -0.2) is 0 Å². The third-order valence-corrected chi connectivity index (χ3v) is 7.93. The molecule has 5 rings (SSSR count). The van der Waals surface area contributed by atoms with E-state index in [9.17, 15) is 0 Å². The second-order valence-electron chi connectivity index (χ2n) is 8.78. The van der Waals surface area contributed by atoms with Gasteiger partial charge < -0.3 is 5.73 Å². The molecule has 0 aromatic carbocycles. The number of rotatable bonds is 3. The van der Waals surface area contributed by atoms with Crippen LogP contribution < -0.4 is 5.73 Å². The SMILES string of the molecule is CC(C1(CN)CCCC1)C12CC3CC(CC(C3)C1)C2. The van der Waals surface area contributed by atoms with E-state index in [-0.39, 0.29) is 0 Å². The maximum atomic E-state index is 6.29. The normalized spacial score (nSPS) is 48.6. The van der Waals surface area contributed by atoms with Crippen molar-refractivity contribution in [1.29, 1.82) is 0 Å². The topological polar surface area (TPSA) is 26.0 Å². The third-order valence-electron chi connectivity index (χ3n) is 7.93. The highest BCUT2D eigenvalue weighted by molar-refractivity contribution is 5.07. The van der Waals surface area contributed by atoms with Crippen molar-refractivity contribution in [3.8, 4) is 0 Å². The Kier molecular flexibility index (Phi) is 2.82. The predicted molar refractivity (Wildman–Crippen MR) is 79.7 cm³/mol. The minimum Gasteiger partial charge on any atom is -0.330 e. The maximum absolute atomic E-state index is 6.29. The minimum absolute atomic E-state index is 0.520. The van der Waals surface area contributed by atoms with Crippen LogP contribution in [0, 0.1) is 34.5 Å². The summed E-state index contributed by atoms with van der Waals surface area (Å²) in [7, 11) is 0. The fourth-order valence-electron chi connectivity index (χ4n) is 7.25. The summed E-state index contributed by atoms with van der Waals surface area (Å²) in [5.74, 6) is 4.15. The van der Waals surface area contributed by atoms with Crippen LogP contribution in [-0.4, -0.2) is 6.54 Å². The van der Waals surface area contributed by atoms with E-state index in [1.807, 2.05) is 0 Å². The van der Waals surface area contributed by atoms with Crippen LogP contribution in [0.4, 0.5) is 0 Å². The summed E-state index contributed by atoms with van der Waals surface area (Å²) < 4.78 is 0. The molecule has 5 aliphatic rings. The van der Waals surface area contributed by atoms with Gasteiger partial charge in [-0.3, -0.25) is 0 Å². The zero-order chi connectivity index (χ0) is 13.1. The van der Waals surface area contributed by atoms with Crippen molar-refractivity contribution in [3.05, 3.63) is 0 Å². The molecule has 1 unspecified atom stereocenters. The molecule has 0 aliphatic heterocycles. The molecule has 4 bridgehead atoms. The second-order valence-corrected chi connectivity index (χ2v) is 8.78. The predicted octanol–water partition coefficient (Wildman–Crippen LogP) is 4.36. The average Bonchev–Trinajstić information content (AvgIpc) is 2.86. The van der Waals surface area contributed by atoms with Crippen LogP contribution in [0.25, 0.3) is 0 Å². The molecule has 1 nitrogen and oxygen atoms in total. The molecule has 0 aromatic rings. The molecule has 1 atom stereocenters. The van der Waals surface area contributed by atoms with E-state index >= 15 is 0 Å². The van der Waals surface area contributed by atoms with Crippen LogP contribution in [0.5, 0.6) is 0 Å². The van der Waals surface area contributed by atoms with Gasteiger partial charge in [0.1, 0.15) is 0 Å². The Labute approximate surface area is 118 Å². The van der Waals surface area contributed by atoms with E-state index in [2.05, 4.69) is 6.92 Å². The van der Waals surface area contributed by atoms with Gasteiger partial charge in [0.05, 0.1) is 0 Å². The van der Waals surface area contributed by atoms with Crippen molar-refractivity contribution in [2.24, 2.45) is 40.2 Å². The fourth-order valence-corrected chi connectivity index (χ4v) is 7.25. The summed E-state index contributed by atoms with van der Waals surface area (Å²) in [5, 5.41) is 0. The van der Waals surface area contributed by atoms with Gasteiger partial charge in [-0.05, 0) is 92.4 Å². The van der Waals surface area contributed by atoms with Gasteiger partial charge in [0, 0.05) is 0 Å². The molecule has 0 amide bonds. The molecule has 5 fully saturated rings. The highest BCUT2D eigenvalue weighted by atomic mass is 14.7. The monoisotopic (exact) mass is 261 g/mol. The molecule has 0 aromatic heterocycles. The number of nitrogens with two attached hydrogens (primary N) is 1. The smallest absolute Gasteiger partial charge is 0.00178 e. The Morgan fingerprint density at radius 3 is 1.84 bits per heavy atom. The van der Waals surface area contributed by atoms with Crippen molar-refractivity contribution >= 4 is 0 Å². The summed E-state index contributed by atoms with van der Waals surface area (Å²) in [6, 6.07) is 0. The molecular weight excluding hydrogens is 230 g/mol. The second kappa shape index (κ2) is 4.23. The Balaban J connectivity index is 1.64. The molecule has 19 heavy (non-hydrogen) atoms. The summed E-state index contributed by atoms with van der Waals surface area (Å²) in [4.78, 5) is 0. The van der Waals surface area contributed by atoms with E-state index in [1.54, 1.807) is 38.5 Å². The third kappa shape index (κ3) is 1.76. The minimum atomic E-state index is 0.520. The lowest BCUT2D eigenvalue weighted by atomic mass is 9.43. The molecule has 5 aliphatic carbocycles. The lowest BCUT2D eigenvalue weighted by Crippen LogP contribution is -2.53. The van der Waals surface area contributed by atoms with Gasteiger partial charge >= 0.3 is 0 Å². The van der Waals surface area contributed by atoms with Crippen LogP contribution >= 0.6 is 0 Å². The molecule has 0 heterocycles. The highest BCUT2D eigenvalue weighted by Crippen LogP contribution is 2.66. The van der Waals surface area contributed by atoms with Gasteiger partial charge in [0.25, 0.3) is 0 Å². The zero-order valence-corrected chi connectivity index (χ0v) is 12.7. The Bertz CT molecular complexity index is 317. The first-order valence-corrected chi connectivity index (χ1v) is 8.86. The molecule has 5 saturated carbocycles. The Hall–Kier alpha value is -0.0400. The number of hydrogen-bond donors (Lipinski definition) is 1. The molecule has 0 spiro atoms. The molecule has 0 radical (unpaired) electrons. The molecule has 1 heteroatoms. The van der Waals surface area contributed by atoms with Crippen LogP contribution in [0.3, 0.4) is 0 Å². The lowest BCUT2D eigenvalue weighted by Gasteiger charge is -2.62. The lowest BCUT2D eigenvalue weighted by molar-refractivity contribution is -0.114. The van der Waals surface area contributed by atoms with Gasteiger partial charge in [0.2, 0.25) is 0 Å². The van der Waals surface area contributed by atoms with E-state index in [0.29, 0.717) is 10.8 Å². The molecular formula is C18H31N. The summed E-state index contributed by atoms with van der Waals surface area (Å²) >= 11 is 0.